The molecule has 0 atom stereocenters. The topological polar surface area (TPSA) is 88.0 Å². The molecule has 0 aliphatic heterocycles. The largest absolute Gasteiger partial charge is 0.476 e. The van der Waals surface area contributed by atoms with E-state index in [-0.39, 0.29) is 5.69 Å². The highest BCUT2D eigenvalue weighted by molar-refractivity contribution is 7.10. The summed E-state index contributed by atoms with van der Waals surface area (Å²) in [6.45, 7) is 0.465. The van der Waals surface area contributed by atoms with Crippen molar-refractivity contribution >= 4 is 34.0 Å². The van der Waals surface area contributed by atoms with Crippen LogP contribution in [-0.4, -0.2) is 25.4 Å². The number of carbonyl (C=O) groups is 1. The van der Waals surface area contributed by atoms with E-state index >= 15 is 0 Å². The first-order chi connectivity index (χ1) is 7.25. The van der Waals surface area contributed by atoms with Crippen LogP contribution in [-0.2, 0) is 6.54 Å². The molecule has 2 N–H and O–H groups in total. The molecule has 0 aromatic carbocycles. The Morgan fingerprint density at radius 1 is 1.60 bits per heavy atom. The van der Waals surface area contributed by atoms with Gasteiger partial charge in [-0.15, -0.1) is 11.3 Å². The fourth-order valence-corrected chi connectivity index (χ4v) is 2.03. The van der Waals surface area contributed by atoms with E-state index in [1.807, 2.05) is 0 Å². The second kappa shape index (κ2) is 4.32. The number of hydrogen-bond acceptors (Lipinski definition) is 7. The molecule has 15 heavy (non-hydrogen) atoms. The Labute approximate surface area is 92.8 Å². The van der Waals surface area contributed by atoms with Crippen LogP contribution in [0.2, 0.25) is 0 Å². The quantitative estimate of drug-likeness (QED) is 0.840. The number of nitrogens with one attached hydrogen (secondary N) is 1. The first-order valence-electron chi connectivity index (χ1n) is 3.94. The SMILES string of the molecule is O=C(O)c1csc(CNc2ncns2)n1. The average Bonchev–Trinajstić information content (AvgIpc) is 2.86. The maximum atomic E-state index is 10.6. The van der Waals surface area contributed by atoms with E-state index in [2.05, 4.69) is 19.7 Å². The molecule has 2 rings (SSSR count). The molecular formula is C7H6N4O2S2. The minimum Gasteiger partial charge on any atom is -0.476 e. The molecular weight excluding hydrogens is 236 g/mol. The van der Waals surface area contributed by atoms with Gasteiger partial charge in [-0.2, -0.15) is 4.37 Å². The summed E-state index contributed by atoms with van der Waals surface area (Å²) in [4.78, 5) is 18.4. The minimum absolute atomic E-state index is 0.0778. The Bertz CT molecular complexity index is 453. The summed E-state index contributed by atoms with van der Waals surface area (Å²) < 4.78 is 3.82. The number of thiazole rings is 1. The van der Waals surface area contributed by atoms with Gasteiger partial charge in [-0.3, -0.25) is 0 Å². The Morgan fingerprint density at radius 2 is 2.47 bits per heavy atom. The molecule has 78 valence electrons. The third-order valence-electron chi connectivity index (χ3n) is 1.52. The summed E-state index contributed by atoms with van der Waals surface area (Å²) in [7, 11) is 0. The summed E-state index contributed by atoms with van der Waals surface area (Å²) >= 11 is 2.55. The summed E-state index contributed by atoms with van der Waals surface area (Å²) in [5, 5.41) is 14.6. The van der Waals surface area contributed by atoms with Gasteiger partial charge in [-0.05, 0) is 0 Å². The molecule has 0 aliphatic rings. The zero-order valence-electron chi connectivity index (χ0n) is 7.38. The maximum absolute atomic E-state index is 10.6. The van der Waals surface area contributed by atoms with Crippen LogP contribution < -0.4 is 5.32 Å². The number of rotatable bonds is 4. The van der Waals surface area contributed by atoms with Crippen LogP contribution in [0, 0.1) is 0 Å². The second-order valence-electron chi connectivity index (χ2n) is 2.53. The van der Waals surface area contributed by atoms with E-state index in [0.717, 1.165) is 0 Å². The standard InChI is InChI=1S/C7H6N4O2S2/c12-6(13)4-2-14-5(11-4)1-8-7-9-3-10-15-7/h2-3H,1H2,(H,12,13)(H,8,9,10). The van der Waals surface area contributed by atoms with Gasteiger partial charge in [0.1, 0.15) is 11.3 Å². The highest BCUT2D eigenvalue weighted by Crippen LogP contribution is 2.13. The number of carboxylic acids is 1. The van der Waals surface area contributed by atoms with Crippen LogP contribution in [0.5, 0.6) is 0 Å². The molecule has 0 radical (unpaired) electrons. The maximum Gasteiger partial charge on any atom is 0.355 e. The minimum atomic E-state index is -1.01. The van der Waals surface area contributed by atoms with Crippen LogP contribution in [0.1, 0.15) is 15.5 Å². The molecule has 0 amide bonds. The lowest BCUT2D eigenvalue weighted by molar-refractivity contribution is 0.0691. The first-order valence-corrected chi connectivity index (χ1v) is 5.59. The first kappa shape index (κ1) is 9.99. The van der Waals surface area contributed by atoms with E-state index in [9.17, 15) is 4.79 Å². The van der Waals surface area contributed by atoms with Crippen molar-refractivity contribution in [2.24, 2.45) is 0 Å². The van der Waals surface area contributed by atoms with Gasteiger partial charge >= 0.3 is 5.97 Å². The number of aromatic carboxylic acids is 1. The van der Waals surface area contributed by atoms with Crippen LogP contribution in [0.15, 0.2) is 11.7 Å². The van der Waals surface area contributed by atoms with Gasteiger partial charge in [-0.25, -0.2) is 14.8 Å². The number of anilines is 1. The fourth-order valence-electron chi connectivity index (χ4n) is 0.893. The lowest BCUT2D eigenvalue weighted by Crippen LogP contribution is -2.00. The van der Waals surface area contributed by atoms with Crippen molar-refractivity contribution in [1.82, 2.24) is 14.3 Å². The lowest BCUT2D eigenvalue weighted by atomic mass is 10.5. The van der Waals surface area contributed by atoms with E-state index in [1.165, 1.54) is 34.6 Å². The highest BCUT2D eigenvalue weighted by Gasteiger charge is 2.08. The van der Waals surface area contributed by atoms with Gasteiger partial charge < -0.3 is 10.4 Å². The number of carboxylic acid groups (broad SMARTS) is 1. The fraction of sp³-hybridized carbons (Fsp3) is 0.143. The second-order valence-corrected chi connectivity index (χ2v) is 4.25. The van der Waals surface area contributed by atoms with Gasteiger partial charge in [-0.1, -0.05) is 0 Å². The predicted molar refractivity (Wildman–Crippen MR) is 56.3 cm³/mol. The summed E-state index contributed by atoms with van der Waals surface area (Å²) in [6, 6.07) is 0. The molecule has 2 aromatic heterocycles. The summed E-state index contributed by atoms with van der Waals surface area (Å²) in [5.41, 5.74) is 0.0778. The molecule has 6 nitrogen and oxygen atoms in total. The van der Waals surface area contributed by atoms with Gasteiger partial charge in [0, 0.05) is 16.9 Å². The van der Waals surface area contributed by atoms with E-state index in [0.29, 0.717) is 16.7 Å². The molecule has 0 aliphatic carbocycles. The lowest BCUT2D eigenvalue weighted by Gasteiger charge is -1.96. The molecule has 2 aromatic rings. The normalized spacial score (nSPS) is 10.1. The monoisotopic (exact) mass is 242 g/mol. The van der Waals surface area contributed by atoms with Crippen molar-refractivity contribution < 1.29 is 9.90 Å². The molecule has 8 heteroatoms. The van der Waals surface area contributed by atoms with Gasteiger partial charge in [0.2, 0.25) is 5.13 Å². The van der Waals surface area contributed by atoms with E-state index in [4.69, 9.17) is 5.11 Å². The molecule has 0 saturated heterocycles. The zero-order chi connectivity index (χ0) is 10.7. The van der Waals surface area contributed by atoms with Crippen LogP contribution in [0.3, 0.4) is 0 Å². The van der Waals surface area contributed by atoms with Gasteiger partial charge in [0.05, 0.1) is 6.54 Å². The molecule has 0 fully saturated rings. The van der Waals surface area contributed by atoms with Crippen molar-refractivity contribution in [2.45, 2.75) is 6.54 Å². The molecule has 0 spiro atoms. The Kier molecular flexibility index (Phi) is 2.88. The number of hydrogen-bond donors (Lipinski definition) is 2. The Balaban J connectivity index is 1.96. The van der Waals surface area contributed by atoms with Crippen molar-refractivity contribution in [1.29, 1.82) is 0 Å². The van der Waals surface area contributed by atoms with Crippen molar-refractivity contribution in [2.75, 3.05) is 5.32 Å². The average molecular weight is 242 g/mol. The van der Waals surface area contributed by atoms with Crippen LogP contribution >= 0.6 is 22.9 Å². The van der Waals surface area contributed by atoms with Crippen molar-refractivity contribution in [3.05, 3.63) is 22.4 Å². The van der Waals surface area contributed by atoms with Crippen molar-refractivity contribution in [3.63, 3.8) is 0 Å². The third-order valence-corrected chi connectivity index (χ3v) is 2.99. The Hall–Kier alpha value is -1.54. The van der Waals surface area contributed by atoms with Crippen LogP contribution in [0.4, 0.5) is 5.13 Å². The van der Waals surface area contributed by atoms with Gasteiger partial charge in [0.15, 0.2) is 5.69 Å². The van der Waals surface area contributed by atoms with E-state index < -0.39 is 5.97 Å². The van der Waals surface area contributed by atoms with E-state index in [1.54, 1.807) is 0 Å². The zero-order valence-corrected chi connectivity index (χ0v) is 9.01. The highest BCUT2D eigenvalue weighted by atomic mass is 32.1. The summed E-state index contributed by atoms with van der Waals surface area (Å²) in [6.07, 6.45) is 1.46. The number of aromatic nitrogens is 3. The number of nitrogens with zero attached hydrogens (tertiary/aromatic N) is 3. The molecule has 2 heterocycles. The molecule has 0 saturated carbocycles. The molecule has 0 bridgehead atoms. The van der Waals surface area contributed by atoms with Gasteiger partial charge in [0.25, 0.3) is 0 Å². The smallest absolute Gasteiger partial charge is 0.355 e. The Morgan fingerprint density at radius 3 is 3.07 bits per heavy atom. The molecule has 0 unspecified atom stereocenters. The van der Waals surface area contributed by atoms with Crippen molar-refractivity contribution in [3.8, 4) is 0 Å². The predicted octanol–water partition coefficient (Wildman–Crippen LogP) is 1.30. The van der Waals surface area contributed by atoms with Crippen LogP contribution in [0.25, 0.3) is 0 Å². The summed E-state index contributed by atoms with van der Waals surface area (Å²) in [5.74, 6) is -1.01. The third kappa shape index (κ3) is 2.48.